The third-order valence-electron chi connectivity index (χ3n) is 13.9. The smallest absolute Gasteiger partial charge is 0.136 e. The Balaban J connectivity index is 1.58. The summed E-state index contributed by atoms with van der Waals surface area (Å²) in [7, 11) is 0. The highest BCUT2D eigenvalue weighted by Crippen LogP contribution is 2.78. The molecule has 5 saturated carbocycles. The van der Waals surface area contributed by atoms with Crippen LogP contribution in [0, 0.1) is 56.2 Å². The highest BCUT2D eigenvalue weighted by atomic mass is 16.3. The van der Waals surface area contributed by atoms with Crippen molar-refractivity contribution in [2.45, 2.75) is 119 Å². The van der Waals surface area contributed by atoms with E-state index >= 15 is 0 Å². The molecule has 0 spiro atoms. The van der Waals surface area contributed by atoms with Crippen LogP contribution in [-0.4, -0.2) is 28.7 Å². The molecule has 5 aliphatic carbocycles. The number of aliphatic hydroxyl groups is 2. The number of fused-ring (bicyclic) bond motifs is 7. The molecule has 0 aliphatic heterocycles. The second kappa shape index (κ2) is 7.09. The Bertz CT molecular complexity index is 838. The minimum Gasteiger partial charge on any atom is -0.396 e. The molecule has 0 aromatic rings. The number of Topliss-reactive ketones (excluding diaryl/α,β-unsaturated/α-hetero) is 1. The molecule has 33 heavy (non-hydrogen) atoms. The summed E-state index contributed by atoms with van der Waals surface area (Å²) in [6.07, 6.45) is 10.5. The first-order chi connectivity index (χ1) is 15.2. The van der Waals surface area contributed by atoms with Crippen molar-refractivity contribution in [1.82, 2.24) is 0 Å². The van der Waals surface area contributed by atoms with Crippen LogP contribution >= 0.6 is 0 Å². The van der Waals surface area contributed by atoms with Gasteiger partial charge < -0.3 is 10.2 Å². The third kappa shape index (κ3) is 2.90. The average Bonchev–Trinajstić information content (AvgIpc) is 2.74. The zero-order valence-corrected chi connectivity index (χ0v) is 22.5. The number of ketones is 1. The molecular formula is C30H50O3. The van der Waals surface area contributed by atoms with Gasteiger partial charge in [0.15, 0.2) is 0 Å². The largest absolute Gasteiger partial charge is 0.396 e. The van der Waals surface area contributed by atoms with Crippen molar-refractivity contribution in [1.29, 1.82) is 0 Å². The van der Waals surface area contributed by atoms with Crippen LogP contribution in [0.4, 0.5) is 0 Å². The van der Waals surface area contributed by atoms with Crippen molar-refractivity contribution in [3.63, 3.8) is 0 Å². The lowest BCUT2D eigenvalue weighted by Gasteiger charge is -2.75. The summed E-state index contributed by atoms with van der Waals surface area (Å²) in [6, 6.07) is 0. The Morgan fingerprint density at radius 1 is 0.818 bits per heavy atom. The first-order valence-corrected chi connectivity index (χ1v) is 14.0. The van der Waals surface area contributed by atoms with Gasteiger partial charge in [-0.05, 0) is 108 Å². The maximum Gasteiger partial charge on any atom is 0.136 e. The van der Waals surface area contributed by atoms with Gasteiger partial charge in [-0.3, -0.25) is 4.79 Å². The van der Waals surface area contributed by atoms with Gasteiger partial charge in [0.25, 0.3) is 0 Å². The number of hydrogen-bond donors (Lipinski definition) is 2. The van der Waals surface area contributed by atoms with Gasteiger partial charge in [-0.15, -0.1) is 0 Å². The first kappa shape index (κ1) is 24.3. The van der Waals surface area contributed by atoms with Crippen molar-refractivity contribution >= 4 is 5.78 Å². The van der Waals surface area contributed by atoms with E-state index in [0.29, 0.717) is 35.6 Å². The Kier molecular flexibility index (Phi) is 5.22. The van der Waals surface area contributed by atoms with Gasteiger partial charge in [-0.2, -0.15) is 0 Å². The zero-order chi connectivity index (χ0) is 24.2. The molecule has 3 nitrogen and oxygen atoms in total. The molecule has 0 amide bonds. The van der Waals surface area contributed by atoms with E-state index < -0.39 is 0 Å². The summed E-state index contributed by atoms with van der Waals surface area (Å²) in [5.74, 6) is 1.90. The van der Waals surface area contributed by atoms with Crippen LogP contribution in [0.25, 0.3) is 0 Å². The lowest BCUT2D eigenvalue weighted by atomic mass is 9.29. The van der Waals surface area contributed by atoms with Crippen LogP contribution in [0.1, 0.15) is 113 Å². The van der Waals surface area contributed by atoms with Crippen LogP contribution < -0.4 is 0 Å². The number of carbonyl (C=O) groups excluding carboxylic acids is 1. The van der Waals surface area contributed by atoms with E-state index in [2.05, 4.69) is 48.5 Å². The second-order valence-electron chi connectivity index (χ2n) is 15.3. The number of aliphatic hydroxyl groups excluding tert-OH is 2. The molecule has 0 radical (unpaired) electrons. The Labute approximate surface area is 202 Å². The molecule has 0 unspecified atom stereocenters. The lowest BCUT2D eigenvalue weighted by molar-refractivity contribution is -0.283. The first-order valence-electron chi connectivity index (χ1n) is 14.0. The monoisotopic (exact) mass is 458 g/mol. The molecular weight excluding hydrogens is 408 g/mol. The van der Waals surface area contributed by atoms with Crippen LogP contribution in [0.3, 0.4) is 0 Å². The highest BCUT2D eigenvalue weighted by Gasteiger charge is 2.72. The normalized spacial score (nSPS) is 60.9. The molecule has 2 N–H and O–H groups in total. The van der Waals surface area contributed by atoms with Crippen LogP contribution in [-0.2, 0) is 4.79 Å². The Morgan fingerprint density at radius 2 is 1.45 bits per heavy atom. The summed E-state index contributed by atoms with van der Waals surface area (Å²) < 4.78 is 0. The summed E-state index contributed by atoms with van der Waals surface area (Å²) in [5.41, 5.74) is 0.701. The van der Waals surface area contributed by atoms with Crippen molar-refractivity contribution in [3.05, 3.63) is 0 Å². The molecule has 0 saturated heterocycles. The predicted octanol–water partition coefficient (Wildman–Crippen LogP) is 6.40. The average molecular weight is 459 g/mol. The van der Waals surface area contributed by atoms with Crippen molar-refractivity contribution in [2.75, 3.05) is 6.61 Å². The molecule has 5 fully saturated rings. The summed E-state index contributed by atoms with van der Waals surface area (Å²) in [6.45, 7) is 17.2. The predicted molar refractivity (Wildman–Crippen MR) is 133 cm³/mol. The SMILES string of the molecule is C[C@H]1C(=O)CC[C@@H]2[C@]1(C)C[C@@H](O)[C@H]1[C@@]2(C)CC[C@@]2(C)[C@@H]3C[C@@](C)(CO)CC[C@]3(C)CC[C@]12C. The van der Waals surface area contributed by atoms with Crippen molar-refractivity contribution in [3.8, 4) is 0 Å². The van der Waals surface area contributed by atoms with Crippen molar-refractivity contribution in [2.24, 2.45) is 56.2 Å². The van der Waals surface area contributed by atoms with Crippen LogP contribution in [0.2, 0.25) is 0 Å². The van der Waals surface area contributed by atoms with Gasteiger partial charge in [0.1, 0.15) is 5.78 Å². The van der Waals surface area contributed by atoms with E-state index in [1.807, 2.05) is 0 Å². The number of rotatable bonds is 1. The van der Waals surface area contributed by atoms with Crippen molar-refractivity contribution < 1.29 is 15.0 Å². The molecule has 11 atom stereocenters. The van der Waals surface area contributed by atoms with E-state index in [9.17, 15) is 15.0 Å². The zero-order valence-electron chi connectivity index (χ0n) is 22.5. The van der Waals surface area contributed by atoms with Gasteiger partial charge in [0, 0.05) is 18.9 Å². The fourth-order valence-electron chi connectivity index (χ4n) is 11.4. The van der Waals surface area contributed by atoms with Gasteiger partial charge in [-0.1, -0.05) is 48.5 Å². The molecule has 3 heteroatoms. The van der Waals surface area contributed by atoms with Gasteiger partial charge in [-0.25, -0.2) is 0 Å². The quantitative estimate of drug-likeness (QED) is 0.478. The fraction of sp³-hybridized carbons (Fsp3) is 0.967. The topological polar surface area (TPSA) is 57.5 Å². The van der Waals surface area contributed by atoms with E-state index in [4.69, 9.17) is 0 Å². The second-order valence-corrected chi connectivity index (χ2v) is 15.3. The van der Waals surface area contributed by atoms with Crippen LogP contribution in [0.5, 0.6) is 0 Å². The summed E-state index contributed by atoms with van der Waals surface area (Å²) in [4.78, 5) is 12.7. The molecule has 0 heterocycles. The minimum atomic E-state index is -0.327. The Hall–Kier alpha value is -0.410. The summed E-state index contributed by atoms with van der Waals surface area (Å²) in [5, 5.41) is 22.2. The summed E-state index contributed by atoms with van der Waals surface area (Å²) >= 11 is 0. The molecule has 5 aliphatic rings. The van der Waals surface area contributed by atoms with E-state index in [1.165, 1.54) is 32.1 Å². The third-order valence-corrected chi connectivity index (χ3v) is 13.9. The van der Waals surface area contributed by atoms with E-state index in [1.54, 1.807) is 0 Å². The fourth-order valence-corrected chi connectivity index (χ4v) is 11.4. The molecule has 188 valence electrons. The highest BCUT2D eigenvalue weighted by molar-refractivity contribution is 5.82. The van der Waals surface area contributed by atoms with E-state index in [-0.39, 0.29) is 39.1 Å². The maximum absolute atomic E-state index is 12.7. The number of carbonyl (C=O) groups is 1. The van der Waals surface area contributed by atoms with Crippen LogP contribution in [0.15, 0.2) is 0 Å². The Morgan fingerprint density at radius 3 is 2.12 bits per heavy atom. The molecule has 0 aromatic heterocycles. The standard InChI is InChI=1S/C30H50O3/c1-19-20(32)8-9-22-27(4)13-15-29(6)23-17-25(2,18-31)10-11-26(23,3)12-14-30(29,7)24(27)21(33)16-28(19,22)5/h19,21-24,31,33H,8-18H2,1-7H3/t19-,21+,22-,23+,24-,25-,26+,27-,28+,29-,30+/m0/s1. The maximum atomic E-state index is 12.7. The molecule has 0 bridgehead atoms. The minimum absolute atomic E-state index is 0.0368. The van der Waals surface area contributed by atoms with Gasteiger partial charge in [0.05, 0.1) is 6.10 Å². The number of hydrogen-bond acceptors (Lipinski definition) is 3. The lowest BCUT2D eigenvalue weighted by Crippen LogP contribution is -2.70. The molecule has 0 aromatic carbocycles. The van der Waals surface area contributed by atoms with Gasteiger partial charge >= 0.3 is 0 Å². The molecule has 5 rings (SSSR count). The van der Waals surface area contributed by atoms with Gasteiger partial charge in [0.2, 0.25) is 0 Å². The van der Waals surface area contributed by atoms with E-state index in [0.717, 1.165) is 32.1 Å².